The Morgan fingerprint density at radius 2 is 1.10 bits per heavy atom. The van der Waals surface area contributed by atoms with E-state index in [4.69, 9.17) is 0 Å². The minimum Gasteiger partial charge on any atom is -0.395 e. The van der Waals surface area contributed by atoms with Crippen LogP contribution < -0.4 is 47.9 Å². The van der Waals surface area contributed by atoms with Crippen molar-refractivity contribution < 1.29 is 68.1 Å². The molecule has 0 aromatic carbocycles. The molecule has 12 N–H and O–H groups in total. The smallest absolute Gasteiger partial charge is 0.246 e. The van der Waals surface area contributed by atoms with Gasteiger partial charge in [0.05, 0.1) is 24.7 Å². The normalized spacial score (nSPS) is 17.4. The van der Waals surface area contributed by atoms with Gasteiger partial charge in [0.25, 0.3) is 0 Å². The molecular formula is C61H111N11O14. The summed E-state index contributed by atoms with van der Waals surface area (Å²) in [6.45, 7) is 27.7. The number of nitrogens with zero attached hydrogens (tertiary/aromatic N) is 2. The Morgan fingerprint density at radius 3 is 1.60 bits per heavy atom. The molecule has 1 saturated heterocycles. The fourth-order valence-electron chi connectivity index (χ4n) is 9.78. The number of aliphatic hydroxyl groups excluding tert-OH is 3. The molecule has 1 aliphatic rings. The van der Waals surface area contributed by atoms with Crippen molar-refractivity contribution in [2.45, 2.75) is 272 Å². The van der Waals surface area contributed by atoms with Gasteiger partial charge in [0.1, 0.15) is 58.1 Å². The molecule has 0 aliphatic carbocycles. The number of nitrogens with one attached hydrogen (secondary N) is 9. The average molecular weight is 1220 g/mol. The number of likely N-dealkylation sites (tertiary alicyclic amines) is 1. The van der Waals surface area contributed by atoms with E-state index in [0.29, 0.717) is 38.8 Å². The maximum absolute atomic E-state index is 14.2. The van der Waals surface area contributed by atoms with E-state index >= 15 is 0 Å². The zero-order valence-corrected chi connectivity index (χ0v) is 55.1. The van der Waals surface area contributed by atoms with E-state index in [1.807, 2.05) is 4.90 Å². The van der Waals surface area contributed by atoms with E-state index in [1.54, 1.807) is 48.6 Å². The highest BCUT2D eigenvalue weighted by molar-refractivity contribution is 6.01. The molecule has 0 radical (unpaired) electrons. The van der Waals surface area contributed by atoms with Crippen LogP contribution in [0.25, 0.3) is 0 Å². The fourth-order valence-corrected chi connectivity index (χ4v) is 9.78. The predicted octanol–water partition coefficient (Wildman–Crippen LogP) is 1.51. The Morgan fingerprint density at radius 1 is 0.605 bits per heavy atom. The molecule has 1 heterocycles. The highest BCUT2D eigenvalue weighted by Gasteiger charge is 2.43. The van der Waals surface area contributed by atoms with Crippen LogP contribution in [0.2, 0.25) is 0 Å². The van der Waals surface area contributed by atoms with Gasteiger partial charge in [-0.2, -0.15) is 0 Å². The molecule has 25 heteroatoms. The van der Waals surface area contributed by atoms with E-state index in [1.165, 1.54) is 74.1 Å². The van der Waals surface area contributed by atoms with Gasteiger partial charge >= 0.3 is 0 Å². The number of aliphatic hydroxyl groups is 3. The molecule has 0 aromatic heterocycles. The first-order chi connectivity index (χ1) is 39.7. The third-order valence-corrected chi connectivity index (χ3v) is 15.9. The lowest BCUT2D eigenvalue weighted by Crippen LogP contribution is -2.66. The molecule has 494 valence electrons. The summed E-state index contributed by atoms with van der Waals surface area (Å²) in [7, 11) is 1.79. The maximum atomic E-state index is 14.2. The van der Waals surface area contributed by atoms with Crippen molar-refractivity contribution in [3.63, 3.8) is 0 Å². The summed E-state index contributed by atoms with van der Waals surface area (Å²) in [5.41, 5.74) is -6.41. The molecule has 0 bridgehead atoms. The van der Waals surface area contributed by atoms with Crippen LogP contribution in [0, 0.1) is 17.8 Å². The topological polar surface area (TPSA) is 363 Å². The van der Waals surface area contributed by atoms with Gasteiger partial charge in [-0.3, -0.25) is 52.7 Å². The standard InChI is InChI=1S/C61H111N11O14/c1-19-22-23-24-25-28-46(76)39(7)53(82)72-29-26-27-45(72)51(80)65-44(33-36(4)32-43(75)34-42(74)21-3)50(79)63-40(8)48(77)67-61(16,17)57(86)70-59(12,13)55(84)66-47(37(5)20-2)52(81)64-41(9)49(78)68-60(14,15)56(85)69-58(10,11)54(83)62-38(6)35-71(18)30-31-73/h36-41,43-47,73,75-76H,19-35H2,1-18H3,(H,62,83)(H,63,79)(H,64,81)(H,65,80)(H,66,84)(H,67,77)(H,68,78)(H,69,85)(H,70,86)/t36-,37+,38+,39+,40+,41+,43+,44+,45-,46+,47+/m1/s1. The highest BCUT2D eigenvalue weighted by atomic mass is 16.3. The van der Waals surface area contributed by atoms with Crippen LogP contribution in [0.1, 0.15) is 201 Å². The number of unbranched alkanes of at least 4 members (excludes halogenated alkanes) is 4. The molecule has 11 atom stereocenters. The lowest BCUT2D eigenvalue weighted by Gasteiger charge is -2.34. The van der Waals surface area contributed by atoms with E-state index in [9.17, 15) is 68.1 Å². The van der Waals surface area contributed by atoms with Gasteiger partial charge < -0.3 is 73.0 Å². The number of rotatable bonds is 39. The van der Waals surface area contributed by atoms with Crippen molar-refractivity contribution in [3.05, 3.63) is 0 Å². The third-order valence-electron chi connectivity index (χ3n) is 15.9. The monoisotopic (exact) mass is 1220 g/mol. The molecule has 0 aromatic rings. The average Bonchev–Trinajstić information content (AvgIpc) is 2.93. The summed E-state index contributed by atoms with van der Waals surface area (Å²) in [6, 6.07) is -6.29. The van der Waals surface area contributed by atoms with Gasteiger partial charge in [0.2, 0.25) is 59.1 Å². The van der Waals surface area contributed by atoms with Crippen molar-refractivity contribution in [1.29, 1.82) is 0 Å². The first-order valence-corrected chi connectivity index (χ1v) is 31.0. The number of carbonyl (C=O) groups is 11. The second kappa shape index (κ2) is 35.9. The largest absolute Gasteiger partial charge is 0.395 e. The van der Waals surface area contributed by atoms with Crippen LogP contribution in [-0.2, 0) is 52.7 Å². The summed E-state index contributed by atoms with van der Waals surface area (Å²) in [6.07, 6.45) is 4.87. The number of likely N-dealkylation sites (N-methyl/N-ethyl adjacent to an activating group) is 1. The Balaban J connectivity index is 3.16. The zero-order chi connectivity index (χ0) is 66.2. The maximum Gasteiger partial charge on any atom is 0.246 e. The number of ketones is 1. The van der Waals surface area contributed by atoms with Crippen molar-refractivity contribution in [2.24, 2.45) is 17.8 Å². The van der Waals surface area contributed by atoms with Crippen LogP contribution in [0.4, 0.5) is 0 Å². The predicted molar refractivity (Wildman–Crippen MR) is 327 cm³/mol. The minimum absolute atomic E-state index is 0.0238. The molecule has 25 nitrogen and oxygen atoms in total. The molecule has 0 unspecified atom stereocenters. The lowest BCUT2D eigenvalue weighted by molar-refractivity contribution is -0.144. The van der Waals surface area contributed by atoms with Crippen molar-refractivity contribution in [2.75, 3.05) is 33.3 Å². The van der Waals surface area contributed by atoms with Crippen LogP contribution in [-0.4, -0.2) is 194 Å². The van der Waals surface area contributed by atoms with Crippen LogP contribution in [0.15, 0.2) is 0 Å². The van der Waals surface area contributed by atoms with E-state index in [0.717, 1.165) is 32.1 Å². The first-order valence-electron chi connectivity index (χ1n) is 31.0. The number of carbonyl (C=O) groups excluding carboxylic acids is 11. The second-order valence-corrected chi connectivity index (χ2v) is 26.2. The molecule has 1 rings (SSSR count). The summed E-state index contributed by atoms with van der Waals surface area (Å²) in [5, 5.41) is 54.9. The van der Waals surface area contributed by atoms with Crippen LogP contribution in [0.3, 0.4) is 0 Å². The van der Waals surface area contributed by atoms with Gasteiger partial charge in [0, 0.05) is 38.5 Å². The van der Waals surface area contributed by atoms with Gasteiger partial charge in [-0.05, 0) is 127 Å². The molecule has 86 heavy (non-hydrogen) atoms. The second-order valence-electron chi connectivity index (χ2n) is 26.2. The first kappa shape index (κ1) is 78.2. The lowest BCUT2D eigenvalue weighted by atomic mass is 9.92. The Hall–Kier alpha value is -5.79. The molecule has 10 amide bonds. The molecule has 0 saturated carbocycles. The fraction of sp³-hybridized carbons (Fsp3) is 0.820. The third kappa shape index (κ3) is 25.9. The van der Waals surface area contributed by atoms with E-state index < -0.39 is 135 Å². The number of amides is 10. The zero-order valence-electron chi connectivity index (χ0n) is 55.1. The SMILES string of the molecule is CCCCCCC[C@H](O)[C@H](C)C(=O)N1CCC[C@@H]1C(=O)N[C@@H](C[C@H](C)C[C@H](O)CC(=O)CC)C(=O)N[C@@H](C)C(=O)NC(C)(C)C(=O)NC(C)(C)C(=O)N[C@H](C(=O)N[C@@H](C)C(=O)NC(C)(C)C(=O)NC(C)(C)C(=O)N[C@@H](C)CN(C)CCO)[C@@H](C)CC. The molecule has 1 fully saturated rings. The summed E-state index contributed by atoms with van der Waals surface area (Å²) >= 11 is 0. The van der Waals surface area contributed by atoms with E-state index in [2.05, 4.69) is 54.8 Å². The summed E-state index contributed by atoms with van der Waals surface area (Å²) in [5.74, 6) is -8.68. The number of hydrogen-bond acceptors (Lipinski definition) is 15. The van der Waals surface area contributed by atoms with Crippen molar-refractivity contribution in [3.8, 4) is 0 Å². The molecule has 1 aliphatic heterocycles. The van der Waals surface area contributed by atoms with Gasteiger partial charge in [-0.1, -0.05) is 80.1 Å². The molecule has 0 spiro atoms. The number of Topliss-reactive ketones (excluding diaryl/α,β-unsaturated/α-hetero) is 1. The minimum atomic E-state index is -1.72. The van der Waals surface area contributed by atoms with Crippen molar-refractivity contribution >= 4 is 64.9 Å². The Bertz CT molecular complexity index is 2300. The van der Waals surface area contributed by atoms with Crippen LogP contribution in [0.5, 0.6) is 0 Å². The van der Waals surface area contributed by atoms with Gasteiger partial charge in [0.15, 0.2) is 0 Å². The number of hydrogen-bond donors (Lipinski definition) is 12. The highest BCUT2D eigenvalue weighted by Crippen LogP contribution is 2.25. The summed E-state index contributed by atoms with van der Waals surface area (Å²) in [4.78, 5) is 153. The van der Waals surface area contributed by atoms with Gasteiger partial charge in [-0.25, -0.2) is 0 Å². The van der Waals surface area contributed by atoms with E-state index in [-0.39, 0.29) is 56.6 Å². The molecular weight excluding hydrogens is 1110 g/mol. The Labute approximate surface area is 511 Å². The summed E-state index contributed by atoms with van der Waals surface area (Å²) < 4.78 is 0. The Kier molecular flexibility index (Phi) is 32.6. The van der Waals surface area contributed by atoms with Crippen molar-refractivity contribution in [1.82, 2.24) is 57.7 Å². The van der Waals surface area contributed by atoms with Gasteiger partial charge in [-0.15, -0.1) is 0 Å². The quantitative estimate of drug-likeness (QED) is 0.0388. The van der Waals surface area contributed by atoms with Crippen LogP contribution >= 0.6 is 0 Å².